The van der Waals surface area contributed by atoms with Crippen LogP contribution in [0.25, 0.3) is 0 Å². The molecular weight excluding hydrogens is 318 g/mol. The van der Waals surface area contributed by atoms with E-state index in [1.807, 2.05) is 53.9 Å². The van der Waals surface area contributed by atoms with Gasteiger partial charge in [0.2, 0.25) is 5.91 Å². The SMILES string of the molecule is CC(C(=O)O)N(Cc1ccccc1)C(=O)CC1CSCCS1. The first-order valence-electron chi connectivity index (χ1n) is 7.33. The summed E-state index contributed by atoms with van der Waals surface area (Å²) in [5.41, 5.74) is 0.953. The second-order valence-corrected chi connectivity index (χ2v) is 7.85. The molecule has 6 heteroatoms. The van der Waals surface area contributed by atoms with Crippen molar-refractivity contribution in [1.82, 2.24) is 4.90 Å². The van der Waals surface area contributed by atoms with Crippen molar-refractivity contribution in [3.8, 4) is 0 Å². The average Bonchev–Trinajstić information content (AvgIpc) is 2.53. The molecule has 0 spiro atoms. The van der Waals surface area contributed by atoms with Gasteiger partial charge in [-0.05, 0) is 12.5 Å². The summed E-state index contributed by atoms with van der Waals surface area (Å²) >= 11 is 3.69. The summed E-state index contributed by atoms with van der Waals surface area (Å²) in [5.74, 6) is 2.13. The third-order valence-electron chi connectivity index (χ3n) is 3.63. The van der Waals surface area contributed by atoms with E-state index in [1.54, 1.807) is 6.92 Å². The van der Waals surface area contributed by atoms with Crippen LogP contribution in [0.1, 0.15) is 18.9 Å². The van der Waals surface area contributed by atoms with Gasteiger partial charge < -0.3 is 10.0 Å². The number of amides is 1. The Morgan fingerprint density at radius 2 is 2.05 bits per heavy atom. The quantitative estimate of drug-likeness (QED) is 0.863. The molecule has 22 heavy (non-hydrogen) atoms. The molecule has 1 fully saturated rings. The fourth-order valence-electron chi connectivity index (χ4n) is 2.32. The molecule has 0 radical (unpaired) electrons. The lowest BCUT2D eigenvalue weighted by Crippen LogP contribution is -2.43. The number of carbonyl (C=O) groups excluding carboxylic acids is 1. The van der Waals surface area contributed by atoms with E-state index >= 15 is 0 Å². The predicted octanol–water partition coefficient (Wildman–Crippen LogP) is 2.73. The molecule has 1 heterocycles. The van der Waals surface area contributed by atoms with Gasteiger partial charge in [-0.15, -0.1) is 0 Å². The van der Waals surface area contributed by atoms with Crippen molar-refractivity contribution in [3.63, 3.8) is 0 Å². The standard InChI is InChI=1S/C16H21NO3S2/c1-12(16(19)20)17(10-13-5-3-2-4-6-13)15(18)9-14-11-21-7-8-22-14/h2-6,12,14H,7-11H2,1H3,(H,19,20). The van der Waals surface area contributed by atoms with Gasteiger partial charge in [0.15, 0.2) is 0 Å². The number of carboxylic acids is 1. The fraction of sp³-hybridized carbons (Fsp3) is 0.500. The zero-order chi connectivity index (χ0) is 15.9. The van der Waals surface area contributed by atoms with Crippen LogP contribution in [0.15, 0.2) is 30.3 Å². The number of carboxylic acid groups (broad SMARTS) is 1. The summed E-state index contributed by atoms with van der Waals surface area (Å²) in [4.78, 5) is 25.4. The van der Waals surface area contributed by atoms with Crippen LogP contribution in [-0.4, -0.2) is 50.4 Å². The highest BCUT2D eigenvalue weighted by Gasteiger charge is 2.28. The third kappa shape index (κ3) is 4.95. The minimum atomic E-state index is -0.963. The maximum atomic E-state index is 12.6. The largest absolute Gasteiger partial charge is 0.480 e. The van der Waals surface area contributed by atoms with Gasteiger partial charge in [-0.3, -0.25) is 4.79 Å². The van der Waals surface area contributed by atoms with Gasteiger partial charge in [-0.1, -0.05) is 30.3 Å². The maximum absolute atomic E-state index is 12.6. The number of carbonyl (C=O) groups is 2. The van der Waals surface area contributed by atoms with E-state index in [0.717, 1.165) is 22.8 Å². The predicted molar refractivity (Wildman–Crippen MR) is 92.3 cm³/mol. The van der Waals surface area contributed by atoms with Crippen LogP contribution < -0.4 is 0 Å². The van der Waals surface area contributed by atoms with Gasteiger partial charge >= 0.3 is 5.97 Å². The number of benzene rings is 1. The van der Waals surface area contributed by atoms with Crippen molar-refractivity contribution < 1.29 is 14.7 Å². The molecule has 1 aliphatic heterocycles. The molecule has 1 N–H and O–H groups in total. The van der Waals surface area contributed by atoms with Crippen LogP contribution in [0.3, 0.4) is 0 Å². The monoisotopic (exact) mass is 339 g/mol. The van der Waals surface area contributed by atoms with Gasteiger partial charge in [0, 0.05) is 35.5 Å². The van der Waals surface area contributed by atoms with Crippen molar-refractivity contribution in [2.45, 2.75) is 31.2 Å². The van der Waals surface area contributed by atoms with E-state index < -0.39 is 12.0 Å². The van der Waals surface area contributed by atoms with Crippen molar-refractivity contribution in [2.75, 3.05) is 17.3 Å². The Morgan fingerprint density at radius 1 is 1.32 bits per heavy atom. The van der Waals surface area contributed by atoms with Gasteiger partial charge in [-0.2, -0.15) is 23.5 Å². The van der Waals surface area contributed by atoms with Gasteiger partial charge in [0.1, 0.15) is 6.04 Å². The Kier molecular flexibility index (Phi) is 6.64. The van der Waals surface area contributed by atoms with Crippen molar-refractivity contribution in [2.24, 2.45) is 0 Å². The molecule has 1 aliphatic rings. The lowest BCUT2D eigenvalue weighted by atomic mass is 10.1. The summed E-state index contributed by atoms with van der Waals surface area (Å²) in [6.07, 6.45) is 0.419. The zero-order valence-corrected chi connectivity index (χ0v) is 14.2. The van der Waals surface area contributed by atoms with Crippen LogP contribution in [0.2, 0.25) is 0 Å². The summed E-state index contributed by atoms with van der Waals surface area (Å²) in [7, 11) is 0. The Morgan fingerprint density at radius 3 is 2.64 bits per heavy atom. The minimum Gasteiger partial charge on any atom is -0.480 e. The summed E-state index contributed by atoms with van der Waals surface area (Å²) in [6, 6.07) is 8.73. The van der Waals surface area contributed by atoms with Crippen LogP contribution >= 0.6 is 23.5 Å². The molecule has 1 amide bonds. The number of aliphatic carboxylic acids is 1. The highest BCUT2D eigenvalue weighted by molar-refractivity contribution is 8.06. The second-order valence-electron chi connectivity index (χ2n) is 5.29. The highest BCUT2D eigenvalue weighted by Crippen LogP contribution is 2.27. The molecule has 1 saturated heterocycles. The molecule has 1 aromatic carbocycles. The first kappa shape index (κ1) is 17.2. The molecule has 2 rings (SSSR count). The van der Waals surface area contributed by atoms with Crippen molar-refractivity contribution in [3.05, 3.63) is 35.9 Å². The van der Waals surface area contributed by atoms with E-state index in [0.29, 0.717) is 18.2 Å². The molecule has 2 atom stereocenters. The zero-order valence-electron chi connectivity index (χ0n) is 12.6. The van der Waals surface area contributed by atoms with E-state index in [-0.39, 0.29) is 5.91 Å². The number of thioether (sulfide) groups is 2. The normalized spacial score (nSPS) is 19.4. The minimum absolute atomic E-state index is 0.0706. The van der Waals surface area contributed by atoms with Gasteiger partial charge in [0.05, 0.1) is 0 Å². The van der Waals surface area contributed by atoms with Crippen molar-refractivity contribution >= 4 is 35.4 Å². The van der Waals surface area contributed by atoms with E-state index in [2.05, 4.69) is 0 Å². The number of hydrogen-bond acceptors (Lipinski definition) is 4. The summed E-state index contributed by atoms with van der Waals surface area (Å²) < 4.78 is 0. The van der Waals surface area contributed by atoms with E-state index in [9.17, 15) is 14.7 Å². The second kappa shape index (κ2) is 8.48. The smallest absolute Gasteiger partial charge is 0.326 e. The molecule has 4 nitrogen and oxygen atoms in total. The topological polar surface area (TPSA) is 57.6 Å². The summed E-state index contributed by atoms with van der Waals surface area (Å²) in [5, 5.41) is 9.58. The molecule has 0 aromatic heterocycles. The van der Waals surface area contributed by atoms with Crippen LogP contribution in [0.5, 0.6) is 0 Å². The lowest BCUT2D eigenvalue weighted by Gasteiger charge is -2.29. The maximum Gasteiger partial charge on any atom is 0.326 e. The Bertz CT molecular complexity index is 503. The first-order chi connectivity index (χ1) is 10.6. The Balaban J connectivity index is 2.05. The van der Waals surface area contributed by atoms with E-state index in [1.165, 1.54) is 4.90 Å². The molecule has 120 valence electrons. The molecule has 1 aromatic rings. The molecule has 2 unspecified atom stereocenters. The number of rotatable bonds is 6. The Hall–Kier alpha value is -1.14. The highest BCUT2D eigenvalue weighted by atomic mass is 32.2. The van der Waals surface area contributed by atoms with Crippen LogP contribution in [0.4, 0.5) is 0 Å². The fourth-order valence-corrected chi connectivity index (χ4v) is 4.99. The lowest BCUT2D eigenvalue weighted by molar-refractivity contribution is -0.150. The van der Waals surface area contributed by atoms with Gasteiger partial charge in [-0.25, -0.2) is 4.79 Å². The summed E-state index contributed by atoms with van der Waals surface area (Å²) in [6.45, 7) is 1.92. The average molecular weight is 339 g/mol. The molecule has 0 bridgehead atoms. The molecular formula is C16H21NO3S2. The Labute approximate surface area is 139 Å². The third-order valence-corrected chi connectivity index (χ3v) is 6.47. The van der Waals surface area contributed by atoms with Gasteiger partial charge in [0.25, 0.3) is 0 Å². The number of nitrogens with zero attached hydrogens (tertiary/aromatic N) is 1. The van der Waals surface area contributed by atoms with Crippen LogP contribution in [0, 0.1) is 0 Å². The van der Waals surface area contributed by atoms with Crippen LogP contribution in [-0.2, 0) is 16.1 Å². The number of hydrogen-bond donors (Lipinski definition) is 1. The molecule has 0 aliphatic carbocycles. The van der Waals surface area contributed by atoms with Crippen molar-refractivity contribution in [1.29, 1.82) is 0 Å². The first-order valence-corrected chi connectivity index (χ1v) is 9.54. The van der Waals surface area contributed by atoms with E-state index in [4.69, 9.17) is 0 Å². The molecule has 0 saturated carbocycles.